The van der Waals surface area contributed by atoms with Crippen molar-refractivity contribution >= 4 is 48.5 Å². The van der Waals surface area contributed by atoms with Gasteiger partial charge in [-0.2, -0.15) is 0 Å². The van der Waals surface area contributed by atoms with Crippen LogP contribution in [0.25, 0.3) is 44.0 Å². The van der Waals surface area contributed by atoms with Crippen LogP contribution in [0, 0.1) is 0 Å². The normalized spacial score (nSPS) is 11.5. The van der Waals surface area contributed by atoms with Crippen molar-refractivity contribution in [2.75, 3.05) is 0 Å². The molecule has 1 aromatic heterocycles. The zero-order valence-electron chi connectivity index (χ0n) is 12.8. The van der Waals surface area contributed by atoms with Crippen molar-refractivity contribution in [2.45, 2.75) is 0 Å². The number of nitrogens with one attached hydrogen (secondary N) is 1. The molecule has 2 nitrogen and oxygen atoms in total. The van der Waals surface area contributed by atoms with E-state index in [1.807, 2.05) is 18.2 Å². The van der Waals surface area contributed by atoms with Crippen LogP contribution in [0.4, 0.5) is 0 Å². The summed E-state index contributed by atoms with van der Waals surface area (Å²) in [7, 11) is 0. The van der Waals surface area contributed by atoms with Gasteiger partial charge in [-0.25, -0.2) is 4.98 Å². The fourth-order valence-electron chi connectivity index (χ4n) is 3.40. The van der Waals surface area contributed by atoms with E-state index in [1.54, 1.807) is 0 Å². The second kappa shape index (κ2) is 5.18. The van der Waals surface area contributed by atoms with Crippen LogP contribution in [0.5, 0.6) is 0 Å². The summed E-state index contributed by atoms with van der Waals surface area (Å²) >= 11 is 3.63. The summed E-state index contributed by atoms with van der Waals surface area (Å²) in [5, 5.41) is 4.88. The number of fused-ring (bicyclic) bond motifs is 6. The van der Waals surface area contributed by atoms with Gasteiger partial charge in [0, 0.05) is 20.8 Å². The Balaban J connectivity index is 1.98. The average Bonchev–Trinajstić information content (AvgIpc) is 3.08. The quantitative estimate of drug-likeness (QED) is 0.343. The molecule has 0 fully saturated rings. The van der Waals surface area contributed by atoms with Crippen LogP contribution in [-0.4, -0.2) is 9.97 Å². The number of aromatic nitrogens is 2. The molecule has 0 aliphatic rings. The molecule has 0 saturated heterocycles. The molecule has 0 aliphatic carbocycles. The number of imidazole rings is 1. The molecular formula is C21H13BrN2. The van der Waals surface area contributed by atoms with E-state index in [2.05, 4.69) is 75.5 Å². The van der Waals surface area contributed by atoms with Gasteiger partial charge >= 0.3 is 0 Å². The molecule has 3 heteroatoms. The average molecular weight is 373 g/mol. The van der Waals surface area contributed by atoms with Crippen LogP contribution in [0.2, 0.25) is 0 Å². The molecule has 5 rings (SSSR count). The first-order chi connectivity index (χ1) is 11.8. The lowest BCUT2D eigenvalue weighted by Crippen LogP contribution is -1.81. The first-order valence-electron chi connectivity index (χ1n) is 7.87. The highest BCUT2D eigenvalue weighted by molar-refractivity contribution is 9.10. The van der Waals surface area contributed by atoms with Gasteiger partial charge in [0.15, 0.2) is 0 Å². The van der Waals surface area contributed by atoms with Gasteiger partial charge in [-0.15, -0.1) is 0 Å². The minimum absolute atomic E-state index is 0.888. The van der Waals surface area contributed by atoms with E-state index in [0.717, 1.165) is 26.9 Å². The van der Waals surface area contributed by atoms with Gasteiger partial charge in [0.25, 0.3) is 0 Å². The van der Waals surface area contributed by atoms with Gasteiger partial charge in [-0.3, -0.25) is 0 Å². The molecule has 0 spiro atoms. The van der Waals surface area contributed by atoms with Crippen molar-refractivity contribution < 1.29 is 0 Å². The van der Waals surface area contributed by atoms with Crippen molar-refractivity contribution in [3.8, 4) is 11.4 Å². The lowest BCUT2D eigenvalue weighted by atomic mass is 10.0. The Bertz CT molecular complexity index is 1150. The van der Waals surface area contributed by atoms with E-state index in [0.29, 0.717) is 0 Å². The Hall–Kier alpha value is -2.65. The molecule has 0 aliphatic heterocycles. The molecule has 0 bridgehead atoms. The summed E-state index contributed by atoms with van der Waals surface area (Å²) < 4.78 is 1.04. The van der Waals surface area contributed by atoms with E-state index >= 15 is 0 Å². The van der Waals surface area contributed by atoms with Crippen molar-refractivity contribution in [2.24, 2.45) is 0 Å². The molecule has 24 heavy (non-hydrogen) atoms. The number of rotatable bonds is 1. The predicted octanol–water partition coefficient (Wildman–Crippen LogP) is 6.30. The number of halogens is 1. The summed E-state index contributed by atoms with van der Waals surface area (Å²) in [5.74, 6) is 0.888. The zero-order valence-corrected chi connectivity index (χ0v) is 14.3. The van der Waals surface area contributed by atoms with Gasteiger partial charge in [0.2, 0.25) is 0 Å². The number of hydrogen-bond acceptors (Lipinski definition) is 1. The smallest absolute Gasteiger partial charge is 0.139 e. The number of H-pyrrole nitrogens is 1. The first kappa shape index (κ1) is 13.8. The Morgan fingerprint density at radius 1 is 0.667 bits per heavy atom. The van der Waals surface area contributed by atoms with E-state index in [1.165, 1.54) is 21.5 Å². The van der Waals surface area contributed by atoms with Crippen molar-refractivity contribution in [1.29, 1.82) is 0 Å². The highest BCUT2D eigenvalue weighted by atomic mass is 79.9. The molecule has 4 aromatic carbocycles. The Labute approximate surface area is 147 Å². The summed E-state index contributed by atoms with van der Waals surface area (Å²) in [4.78, 5) is 8.48. The van der Waals surface area contributed by atoms with Gasteiger partial charge in [0.05, 0.1) is 11.0 Å². The van der Waals surface area contributed by atoms with E-state index in [-0.39, 0.29) is 0 Å². The third-order valence-electron chi connectivity index (χ3n) is 4.50. The van der Waals surface area contributed by atoms with Crippen LogP contribution in [-0.2, 0) is 0 Å². The molecule has 0 amide bonds. The molecule has 1 N–H and O–H groups in total. The third-order valence-corrected chi connectivity index (χ3v) is 5.19. The van der Waals surface area contributed by atoms with Crippen LogP contribution in [0.1, 0.15) is 0 Å². The molecule has 5 aromatic rings. The standard InChI is InChI=1S/C21H13BrN2/c22-18-12-6-5-11-17(18)21-23-19-15-9-3-1-7-13(15)14-8-2-4-10-16(14)20(19)24-21/h1-12H,(H,23,24). The topological polar surface area (TPSA) is 28.7 Å². The molecule has 0 saturated carbocycles. The van der Waals surface area contributed by atoms with Gasteiger partial charge in [-0.1, -0.05) is 82.7 Å². The van der Waals surface area contributed by atoms with E-state index < -0.39 is 0 Å². The van der Waals surface area contributed by atoms with E-state index in [4.69, 9.17) is 4.98 Å². The lowest BCUT2D eigenvalue weighted by Gasteiger charge is -2.05. The summed E-state index contributed by atoms with van der Waals surface area (Å²) in [6, 6.07) is 25.1. The fraction of sp³-hybridized carbons (Fsp3) is 0. The molecule has 114 valence electrons. The first-order valence-corrected chi connectivity index (χ1v) is 8.66. The number of nitrogens with zero attached hydrogens (tertiary/aromatic N) is 1. The van der Waals surface area contributed by atoms with Crippen molar-refractivity contribution in [1.82, 2.24) is 9.97 Å². The number of aromatic amines is 1. The number of hydrogen-bond donors (Lipinski definition) is 1. The Kier molecular flexibility index (Phi) is 2.97. The third kappa shape index (κ3) is 1.91. The monoisotopic (exact) mass is 372 g/mol. The minimum Gasteiger partial charge on any atom is -0.337 e. The van der Waals surface area contributed by atoms with Gasteiger partial charge < -0.3 is 4.98 Å². The number of benzene rings is 4. The van der Waals surface area contributed by atoms with Crippen LogP contribution >= 0.6 is 15.9 Å². The summed E-state index contributed by atoms with van der Waals surface area (Å²) in [6.45, 7) is 0. The van der Waals surface area contributed by atoms with Crippen LogP contribution < -0.4 is 0 Å². The maximum Gasteiger partial charge on any atom is 0.139 e. The zero-order chi connectivity index (χ0) is 16.1. The van der Waals surface area contributed by atoms with Crippen molar-refractivity contribution in [3.05, 3.63) is 77.3 Å². The maximum atomic E-state index is 4.94. The molecule has 0 unspecified atom stereocenters. The second-order valence-corrected chi connectivity index (χ2v) is 6.73. The lowest BCUT2D eigenvalue weighted by molar-refractivity contribution is 1.33. The van der Waals surface area contributed by atoms with Crippen molar-refractivity contribution in [3.63, 3.8) is 0 Å². The largest absolute Gasteiger partial charge is 0.337 e. The van der Waals surface area contributed by atoms with Gasteiger partial charge in [-0.05, 0) is 16.8 Å². The predicted molar refractivity (Wildman–Crippen MR) is 104 cm³/mol. The van der Waals surface area contributed by atoms with Crippen LogP contribution in [0.15, 0.2) is 77.3 Å². The molecular weight excluding hydrogens is 360 g/mol. The summed E-state index contributed by atoms with van der Waals surface area (Å²) in [5.41, 5.74) is 3.19. The molecule has 1 heterocycles. The highest BCUT2D eigenvalue weighted by Crippen LogP contribution is 2.36. The molecule has 0 atom stereocenters. The SMILES string of the molecule is Brc1ccccc1-c1nc2c3ccccc3c3ccccc3c2[nH]1. The van der Waals surface area contributed by atoms with E-state index in [9.17, 15) is 0 Å². The highest BCUT2D eigenvalue weighted by Gasteiger charge is 2.14. The molecule has 0 radical (unpaired) electrons. The van der Waals surface area contributed by atoms with Crippen LogP contribution in [0.3, 0.4) is 0 Å². The second-order valence-electron chi connectivity index (χ2n) is 5.88. The maximum absolute atomic E-state index is 4.94. The Morgan fingerprint density at radius 3 is 2.00 bits per heavy atom. The Morgan fingerprint density at radius 2 is 1.25 bits per heavy atom. The fourth-order valence-corrected chi connectivity index (χ4v) is 3.88. The summed E-state index contributed by atoms with van der Waals surface area (Å²) in [6.07, 6.45) is 0. The minimum atomic E-state index is 0.888. The van der Waals surface area contributed by atoms with Gasteiger partial charge in [0.1, 0.15) is 5.82 Å².